The van der Waals surface area contributed by atoms with E-state index in [2.05, 4.69) is 0 Å². The van der Waals surface area contributed by atoms with Gasteiger partial charge in [0.2, 0.25) is 0 Å². The lowest BCUT2D eigenvalue weighted by Crippen LogP contribution is -2.36. The Morgan fingerprint density at radius 3 is 2.83 bits per heavy atom. The molecule has 0 aromatic heterocycles. The summed E-state index contributed by atoms with van der Waals surface area (Å²) in [6, 6.07) is -0.401. The second-order valence-electron chi connectivity index (χ2n) is 3.06. The van der Waals surface area contributed by atoms with E-state index in [1.54, 1.807) is 4.90 Å². The molecule has 0 bridgehead atoms. The Balaban J connectivity index is 2.31. The maximum Gasteiger partial charge on any atom is 0.327 e. The summed E-state index contributed by atoms with van der Waals surface area (Å²) in [4.78, 5) is 25.5. The van der Waals surface area contributed by atoms with Gasteiger partial charge in [0.05, 0.1) is 0 Å². The first-order valence-corrected chi connectivity index (χ1v) is 3.95. The van der Waals surface area contributed by atoms with Crippen molar-refractivity contribution in [2.24, 2.45) is 0 Å². The van der Waals surface area contributed by atoms with Crippen molar-refractivity contribution in [1.82, 2.24) is 9.80 Å². The zero-order valence-electron chi connectivity index (χ0n) is 6.86. The molecule has 1 unspecified atom stereocenters. The van der Waals surface area contributed by atoms with E-state index in [-0.39, 0.29) is 18.0 Å². The molecule has 0 aliphatic carbocycles. The molecule has 4 nitrogen and oxygen atoms in total. The SMILES string of the molecule is CN1C(=O)C2CC=CCN2C1=O. The zero-order chi connectivity index (χ0) is 8.72. The number of carbonyl (C=O) groups is 2. The zero-order valence-corrected chi connectivity index (χ0v) is 6.86. The van der Waals surface area contributed by atoms with Gasteiger partial charge in [-0.15, -0.1) is 0 Å². The van der Waals surface area contributed by atoms with Crippen molar-refractivity contribution in [3.8, 4) is 0 Å². The Labute approximate surface area is 70.4 Å². The Hall–Kier alpha value is -1.32. The van der Waals surface area contributed by atoms with Crippen LogP contribution in [0.2, 0.25) is 0 Å². The third kappa shape index (κ3) is 0.776. The normalized spacial score (nSPS) is 28.2. The summed E-state index contributed by atoms with van der Waals surface area (Å²) < 4.78 is 0. The number of nitrogens with zero attached hydrogens (tertiary/aromatic N) is 2. The molecule has 4 heteroatoms. The fraction of sp³-hybridized carbons (Fsp3) is 0.500. The molecule has 2 heterocycles. The number of carbonyl (C=O) groups excluding carboxylic acids is 2. The van der Waals surface area contributed by atoms with Gasteiger partial charge in [-0.3, -0.25) is 9.69 Å². The van der Waals surface area contributed by atoms with Crippen LogP contribution in [0, 0.1) is 0 Å². The number of hydrogen-bond acceptors (Lipinski definition) is 2. The Morgan fingerprint density at radius 2 is 2.17 bits per heavy atom. The van der Waals surface area contributed by atoms with E-state index in [1.165, 1.54) is 11.9 Å². The summed E-state index contributed by atoms with van der Waals surface area (Å²) in [7, 11) is 1.53. The standard InChI is InChI=1S/C8H10N2O2/c1-9-7(11)6-4-2-3-5-10(6)8(9)12/h2-3,6H,4-5H2,1H3. The van der Waals surface area contributed by atoms with Crippen molar-refractivity contribution in [2.45, 2.75) is 12.5 Å². The fourth-order valence-electron chi connectivity index (χ4n) is 1.62. The minimum Gasteiger partial charge on any atom is -0.308 e. The maximum atomic E-state index is 11.4. The lowest BCUT2D eigenvalue weighted by Gasteiger charge is -2.21. The number of fused-ring (bicyclic) bond motifs is 1. The van der Waals surface area contributed by atoms with Crippen LogP contribution in [0.3, 0.4) is 0 Å². The van der Waals surface area contributed by atoms with Crippen molar-refractivity contribution in [2.75, 3.05) is 13.6 Å². The third-order valence-electron chi connectivity index (χ3n) is 2.35. The topological polar surface area (TPSA) is 40.6 Å². The molecule has 0 saturated carbocycles. The van der Waals surface area contributed by atoms with Gasteiger partial charge in [0.15, 0.2) is 0 Å². The van der Waals surface area contributed by atoms with E-state index in [9.17, 15) is 9.59 Å². The number of amides is 3. The molecule has 0 radical (unpaired) electrons. The molecule has 0 aromatic rings. The van der Waals surface area contributed by atoms with E-state index in [0.717, 1.165) is 0 Å². The van der Waals surface area contributed by atoms with Gasteiger partial charge in [-0.05, 0) is 6.42 Å². The number of imide groups is 1. The predicted octanol–water partition coefficient (Wildman–Crippen LogP) is 0.209. The number of rotatable bonds is 0. The average Bonchev–Trinajstić information content (AvgIpc) is 2.33. The van der Waals surface area contributed by atoms with E-state index in [4.69, 9.17) is 0 Å². The molecule has 0 spiro atoms. The number of hydrogen-bond donors (Lipinski definition) is 0. The summed E-state index contributed by atoms with van der Waals surface area (Å²) in [5, 5.41) is 0. The Morgan fingerprint density at radius 1 is 1.42 bits per heavy atom. The van der Waals surface area contributed by atoms with Gasteiger partial charge in [-0.2, -0.15) is 0 Å². The van der Waals surface area contributed by atoms with E-state index >= 15 is 0 Å². The van der Waals surface area contributed by atoms with Gasteiger partial charge in [0.1, 0.15) is 6.04 Å². The van der Waals surface area contributed by atoms with E-state index in [0.29, 0.717) is 13.0 Å². The lowest BCUT2D eigenvalue weighted by atomic mass is 10.1. The highest BCUT2D eigenvalue weighted by Gasteiger charge is 2.42. The van der Waals surface area contributed by atoms with Crippen molar-refractivity contribution >= 4 is 11.9 Å². The first-order chi connectivity index (χ1) is 5.72. The summed E-state index contributed by atoms with van der Waals surface area (Å²) >= 11 is 0. The second-order valence-corrected chi connectivity index (χ2v) is 3.06. The van der Waals surface area contributed by atoms with Gasteiger partial charge in [-0.25, -0.2) is 4.79 Å². The monoisotopic (exact) mass is 166 g/mol. The van der Waals surface area contributed by atoms with Crippen LogP contribution in [-0.2, 0) is 4.79 Å². The van der Waals surface area contributed by atoms with Gasteiger partial charge < -0.3 is 4.90 Å². The first kappa shape index (κ1) is 7.34. The van der Waals surface area contributed by atoms with Crippen molar-refractivity contribution < 1.29 is 9.59 Å². The fourth-order valence-corrected chi connectivity index (χ4v) is 1.62. The highest BCUT2D eigenvalue weighted by atomic mass is 16.2. The molecule has 3 amide bonds. The van der Waals surface area contributed by atoms with Crippen LogP contribution in [0.5, 0.6) is 0 Å². The molecule has 1 fully saturated rings. The lowest BCUT2D eigenvalue weighted by molar-refractivity contribution is -0.127. The third-order valence-corrected chi connectivity index (χ3v) is 2.35. The highest BCUT2D eigenvalue weighted by Crippen LogP contribution is 2.21. The van der Waals surface area contributed by atoms with Crippen LogP contribution in [0.25, 0.3) is 0 Å². The molecule has 1 atom stereocenters. The second kappa shape index (κ2) is 2.33. The molecule has 0 N–H and O–H groups in total. The molecule has 1 saturated heterocycles. The van der Waals surface area contributed by atoms with Gasteiger partial charge in [-0.1, -0.05) is 12.2 Å². The minimum absolute atomic E-state index is 0.0793. The number of likely N-dealkylation sites (N-methyl/N-ethyl adjacent to an activating group) is 1. The van der Waals surface area contributed by atoms with Crippen molar-refractivity contribution in [3.63, 3.8) is 0 Å². The summed E-state index contributed by atoms with van der Waals surface area (Å²) in [6.45, 7) is 0.569. The number of urea groups is 1. The van der Waals surface area contributed by atoms with Gasteiger partial charge in [0, 0.05) is 13.6 Å². The maximum absolute atomic E-state index is 11.4. The van der Waals surface area contributed by atoms with Gasteiger partial charge in [0.25, 0.3) is 5.91 Å². The molecular weight excluding hydrogens is 156 g/mol. The quantitative estimate of drug-likeness (QED) is 0.381. The minimum atomic E-state index is -0.229. The van der Waals surface area contributed by atoms with Crippen LogP contribution in [0.4, 0.5) is 4.79 Å². The molecule has 2 aliphatic heterocycles. The van der Waals surface area contributed by atoms with Crippen LogP contribution >= 0.6 is 0 Å². The molecule has 12 heavy (non-hydrogen) atoms. The highest BCUT2D eigenvalue weighted by molar-refractivity contribution is 6.04. The molecule has 0 aromatic carbocycles. The molecule has 64 valence electrons. The van der Waals surface area contributed by atoms with Crippen molar-refractivity contribution in [1.29, 1.82) is 0 Å². The predicted molar refractivity (Wildman–Crippen MR) is 42.4 cm³/mol. The Kier molecular flexibility index (Phi) is 1.43. The first-order valence-electron chi connectivity index (χ1n) is 3.95. The summed E-state index contributed by atoms with van der Waals surface area (Å²) in [5.74, 6) is -0.0793. The van der Waals surface area contributed by atoms with Crippen LogP contribution in [-0.4, -0.2) is 41.4 Å². The molecule has 2 rings (SSSR count). The smallest absolute Gasteiger partial charge is 0.308 e. The molecule has 2 aliphatic rings. The Bertz CT molecular complexity index is 246. The van der Waals surface area contributed by atoms with Crippen molar-refractivity contribution in [3.05, 3.63) is 12.2 Å². The summed E-state index contributed by atoms with van der Waals surface area (Å²) in [6.07, 6.45) is 4.53. The molecular formula is C8H10N2O2. The van der Waals surface area contributed by atoms with Crippen LogP contribution in [0.15, 0.2) is 12.2 Å². The van der Waals surface area contributed by atoms with E-state index < -0.39 is 0 Å². The van der Waals surface area contributed by atoms with Gasteiger partial charge >= 0.3 is 6.03 Å². The van der Waals surface area contributed by atoms with E-state index in [1.807, 2.05) is 12.2 Å². The van der Waals surface area contributed by atoms with Crippen LogP contribution in [0.1, 0.15) is 6.42 Å². The summed E-state index contributed by atoms with van der Waals surface area (Å²) in [5.41, 5.74) is 0. The van der Waals surface area contributed by atoms with Crippen LogP contribution < -0.4 is 0 Å². The average molecular weight is 166 g/mol. The largest absolute Gasteiger partial charge is 0.327 e.